The van der Waals surface area contributed by atoms with Crippen molar-refractivity contribution >= 4 is 17.6 Å². The van der Waals surface area contributed by atoms with Crippen LogP contribution >= 0.6 is 0 Å². The summed E-state index contributed by atoms with van der Waals surface area (Å²) in [6, 6.07) is 11.1. The molecule has 0 N–H and O–H groups in total. The van der Waals surface area contributed by atoms with Gasteiger partial charge in [0.25, 0.3) is 0 Å². The molecule has 6 nitrogen and oxygen atoms in total. The summed E-state index contributed by atoms with van der Waals surface area (Å²) in [6.45, 7) is 0.655. The Bertz CT molecular complexity index is 877. The fourth-order valence-corrected chi connectivity index (χ4v) is 3.61. The minimum Gasteiger partial charge on any atom is -0.493 e. The van der Waals surface area contributed by atoms with Crippen LogP contribution in [0.25, 0.3) is 0 Å². The van der Waals surface area contributed by atoms with Gasteiger partial charge in [-0.15, -0.1) is 0 Å². The molecule has 0 atom stereocenters. The summed E-state index contributed by atoms with van der Waals surface area (Å²) >= 11 is 0. The van der Waals surface area contributed by atoms with Crippen molar-refractivity contribution in [2.24, 2.45) is 0 Å². The van der Waals surface area contributed by atoms with Gasteiger partial charge in [-0.25, -0.2) is 4.79 Å². The number of nitrogens with zero attached hydrogens (tertiary/aromatic N) is 1. The fourth-order valence-electron chi connectivity index (χ4n) is 3.61. The molecule has 1 amide bonds. The zero-order chi connectivity index (χ0) is 20.1. The van der Waals surface area contributed by atoms with Crippen molar-refractivity contribution in [3.8, 4) is 11.5 Å². The maximum Gasteiger partial charge on any atom is 0.338 e. The van der Waals surface area contributed by atoms with E-state index in [4.69, 9.17) is 14.2 Å². The van der Waals surface area contributed by atoms with Gasteiger partial charge in [0.05, 0.1) is 26.9 Å². The van der Waals surface area contributed by atoms with Crippen molar-refractivity contribution < 1.29 is 23.8 Å². The van der Waals surface area contributed by atoms with Crippen LogP contribution in [0.1, 0.15) is 34.3 Å². The first-order valence-corrected chi connectivity index (χ1v) is 9.30. The number of fused-ring (bicyclic) bond motifs is 1. The molecule has 2 aromatic carbocycles. The molecule has 0 spiro atoms. The molecule has 0 aliphatic carbocycles. The van der Waals surface area contributed by atoms with E-state index >= 15 is 0 Å². The van der Waals surface area contributed by atoms with E-state index in [-0.39, 0.29) is 11.9 Å². The summed E-state index contributed by atoms with van der Waals surface area (Å²) in [4.78, 5) is 26.7. The number of hydrogen-bond acceptors (Lipinski definition) is 5. The van der Waals surface area contributed by atoms with Crippen molar-refractivity contribution in [1.29, 1.82) is 0 Å². The molecule has 6 heteroatoms. The van der Waals surface area contributed by atoms with Crippen LogP contribution in [0.15, 0.2) is 36.4 Å². The van der Waals surface area contributed by atoms with Crippen molar-refractivity contribution in [3.63, 3.8) is 0 Å². The van der Waals surface area contributed by atoms with E-state index in [1.807, 2.05) is 24.3 Å². The summed E-state index contributed by atoms with van der Waals surface area (Å²) in [5, 5.41) is 0. The maximum atomic E-state index is 12.9. The van der Waals surface area contributed by atoms with Gasteiger partial charge in [0.15, 0.2) is 11.5 Å². The third-order valence-electron chi connectivity index (χ3n) is 5.03. The lowest BCUT2D eigenvalue weighted by molar-refractivity contribution is -0.118. The highest BCUT2D eigenvalue weighted by atomic mass is 16.5. The first kappa shape index (κ1) is 19.7. The van der Waals surface area contributed by atoms with Gasteiger partial charge in [-0.05, 0) is 54.7 Å². The number of rotatable bonds is 6. The third kappa shape index (κ3) is 3.96. The topological polar surface area (TPSA) is 65.1 Å². The predicted molar refractivity (Wildman–Crippen MR) is 106 cm³/mol. The van der Waals surface area contributed by atoms with E-state index in [9.17, 15) is 9.59 Å². The van der Waals surface area contributed by atoms with E-state index < -0.39 is 0 Å². The van der Waals surface area contributed by atoms with Gasteiger partial charge in [-0.1, -0.05) is 12.1 Å². The molecule has 1 aliphatic heterocycles. The van der Waals surface area contributed by atoms with Crippen LogP contribution in [-0.4, -0.2) is 39.8 Å². The Morgan fingerprint density at radius 3 is 2.54 bits per heavy atom. The average molecular weight is 383 g/mol. The van der Waals surface area contributed by atoms with E-state index in [0.29, 0.717) is 36.4 Å². The molecule has 148 valence electrons. The van der Waals surface area contributed by atoms with Gasteiger partial charge in [0, 0.05) is 18.7 Å². The second-order valence-corrected chi connectivity index (χ2v) is 6.63. The molecule has 0 unspecified atom stereocenters. The molecule has 0 bridgehead atoms. The Balaban J connectivity index is 1.76. The number of methoxy groups -OCH3 is 3. The first-order chi connectivity index (χ1) is 13.6. The predicted octanol–water partition coefficient (Wildman–Crippen LogP) is 3.40. The van der Waals surface area contributed by atoms with Crippen molar-refractivity contribution in [2.75, 3.05) is 32.8 Å². The Kier molecular flexibility index (Phi) is 6.19. The number of anilines is 1. The third-order valence-corrected chi connectivity index (χ3v) is 5.03. The van der Waals surface area contributed by atoms with Crippen LogP contribution in [-0.2, 0) is 22.4 Å². The highest BCUT2D eigenvalue weighted by Crippen LogP contribution is 2.32. The van der Waals surface area contributed by atoms with Crippen LogP contribution in [0.5, 0.6) is 11.5 Å². The number of amides is 1. The second kappa shape index (κ2) is 8.78. The molecular formula is C22H25NO5. The minimum atomic E-state index is -0.364. The van der Waals surface area contributed by atoms with Gasteiger partial charge in [0.2, 0.25) is 5.91 Å². The average Bonchev–Trinajstić information content (AvgIpc) is 2.75. The second-order valence-electron chi connectivity index (χ2n) is 6.63. The fraction of sp³-hybridized carbons (Fsp3) is 0.364. The SMILES string of the molecule is COC(=O)c1cccc2c1CCCN2C(=O)CCc1ccc(OC)c(OC)c1. The van der Waals surface area contributed by atoms with Crippen LogP contribution in [0.4, 0.5) is 5.69 Å². The lowest BCUT2D eigenvalue weighted by Crippen LogP contribution is -2.36. The largest absolute Gasteiger partial charge is 0.493 e. The van der Waals surface area contributed by atoms with Crippen molar-refractivity contribution in [2.45, 2.75) is 25.7 Å². The van der Waals surface area contributed by atoms with Gasteiger partial charge >= 0.3 is 5.97 Å². The van der Waals surface area contributed by atoms with Gasteiger partial charge in [0.1, 0.15) is 0 Å². The smallest absolute Gasteiger partial charge is 0.338 e. The van der Waals surface area contributed by atoms with Gasteiger partial charge in [-0.2, -0.15) is 0 Å². The highest BCUT2D eigenvalue weighted by Gasteiger charge is 2.26. The summed E-state index contributed by atoms with van der Waals surface area (Å²) in [5.74, 6) is 0.991. The molecule has 3 rings (SSSR count). The maximum absolute atomic E-state index is 12.9. The molecular weight excluding hydrogens is 358 g/mol. The number of ether oxygens (including phenoxy) is 3. The quantitative estimate of drug-likeness (QED) is 0.716. The van der Waals surface area contributed by atoms with Gasteiger partial charge < -0.3 is 19.1 Å². The van der Waals surface area contributed by atoms with E-state index in [1.165, 1.54) is 7.11 Å². The zero-order valence-corrected chi connectivity index (χ0v) is 16.5. The summed E-state index contributed by atoms with van der Waals surface area (Å²) in [7, 11) is 4.56. The Labute approximate surface area is 165 Å². The monoisotopic (exact) mass is 383 g/mol. The number of esters is 1. The molecule has 28 heavy (non-hydrogen) atoms. The van der Waals surface area contributed by atoms with Crippen molar-refractivity contribution in [3.05, 3.63) is 53.1 Å². The van der Waals surface area contributed by atoms with Crippen LogP contribution < -0.4 is 14.4 Å². The lowest BCUT2D eigenvalue weighted by atomic mass is 9.95. The van der Waals surface area contributed by atoms with E-state index in [1.54, 1.807) is 31.3 Å². The summed E-state index contributed by atoms with van der Waals surface area (Å²) < 4.78 is 15.5. The lowest BCUT2D eigenvalue weighted by Gasteiger charge is -2.30. The number of benzene rings is 2. The number of aryl methyl sites for hydroxylation is 1. The molecule has 0 radical (unpaired) electrons. The van der Waals surface area contributed by atoms with E-state index in [2.05, 4.69) is 0 Å². The summed E-state index contributed by atoms with van der Waals surface area (Å²) in [5.41, 5.74) is 3.25. The first-order valence-electron chi connectivity index (χ1n) is 9.30. The standard InChI is InChI=1S/C22H25NO5/c1-26-19-11-9-15(14-20(19)27-2)10-12-21(24)23-13-5-7-16-17(22(25)28-3)6-4-8-18(16)23/h4,6,8-9,11,14H,5,7,10,12-13H2,1-3H3. The molecule has 1 aliphatic rings. The molecule has 0 aromatic heterocycles. The summed E-state index contributed by atoms with van der Waals surface area (Å²) in [6.07, 6.45) is 2.56. The highest BCUT2D eigenvalue weighted by molar-refractivity contribution is 5.98. The number of carbonyl (C=O) groups is 2. The van der Waals surface area contributed by atoms with E-state index in [0.717, 1.165) is 29.7 Å². The molecule has 0 saturated carbocycles. The number of carbonyl (C=O) groups excluding carboxylic acids is 2. The van der Waals surface area contributed by atoms with Crippen LogP contribution in [0.3, 0.4) is 0 Å². The Morgan fingerprint density at radius 2 is 1.82 bits per heavy atom. The number of hydrogen-bond donors (Lipinski definition) is 0. The Hall–Kier alpha value is -3.02. The molecule has 0 fully saturated rings. The Morgan fingerprint density at radius 1 is 1.04 bits per heavy atom. The molecule has 2 aromatic rings. The normalized spacial score (nSPS) is 12.9. The molecule has 1 heterocycles. The van der Waals surface area contributed by atoms with Crippen LogP contribution in [0, 0.1) is 0 Å². The minimum absolute atomic E-state index is 0.0396. The van der Waals surface area contributed by atoms with Crippen LogP contribution in [0.2, 0.25) is 0 Å². The molecule has 0 saturated heterocycles. The van der Waals surface area contributed by atoms with Gasteiger partial charge in [-0.3, -0.25) is 4.79 Å². The zero-order valence-electron chi connectivity index (χ0n) is 16.5. The van der Waals surface area contributed by atoms with Crippen molar-refractivity contribution in [1.82, 2.24) is 0 Å².